The number of hydrogen-bond acceptors (Lipinski definition) is 7. The van der Waals surface area contributed by atoms with Gasteiger partial charge in [0.1, 0.15) is 23.9 Å². The number of carbonyl (C=O) groups excluding carboxylic acids is 3. The minimum Gasteiger partial charge on any atom is -0.508 e. The summed E-state index contributed by atoms with van der Waals surface area (Å²) < 4.78 is 0. The molecule has 1 saturated heterocycles. The maximum absolute atomic E-state index is 13.3. The topological polar surface area (TPSA) is 182 Å². The lowest BCUT2D eigenvalue weighted by Crippen LogP contribution is -2.60. The Hall–Kier alpha value is -3.18. The number of phenols is 1. The standard InChI is InChI=1S/C23H34N4O7/c1-12(2)18(24)20(30)26-19(13(3)28)21(31)25-16(11-14-6-8-15(29)9-7-14)22(32)27-10-4-5-17(27)23(33)34/h6-9,12-13,16-19,28-29H,4-5,10-11,24H2,1-3H3,(H,25,31)(H,26,30)(H,33,34). The Morgan fingerprint density at radius 1 is 1.09 bits per heavy atom. The van der Waals surface area contributed by atoms with E-state index in [9.17, 15) is 34.5 Å². The van der Waals surface area contributed by atoms with E-state index >= 15 is 0 Å². The number of nitrogens with zero attached hydrogens (tertiary/aromatic N) is 1. The van der Waals surface area contributed by atoms with Crippen molar-refractivity contribution >= 4 is 23.7 Å². The molecular weight excluding hydrogens is 444 g/mol. The molecule has 11 nitrogen and oxygen atoms in total. The van der Waals surface area contributed by atoms with Crippen LogP contribution in [0, 0.1) is 5.92 Å². The van der Waals surface area contributed by atoms with Crippen LogP contribution in [-0.4, -0.2) is 80.7 Å². The molecule has 11 heteroatoms. The second kappa shape index (κ2) is 11.8. The predicted octanol–water partition coefficient (Wildman–Crippen LogP) is -0.656. The molecule has 2 rings (SSSR count). The number of nitrogens with two attached hydrogens (primary N) is 1. The van der Waals surface area contributed by atoms with E-state index in [1.54, 1.807) is 26.0 Å². The van der Waals surface area contributed by atoms with Gasteiger partial charge < -0.3 is 36.6 Å². The van der Waals surface area contributed by atoms with E-state index in [1.165, 1.54) is 24.0 Å². The number of aliphatic carboxylic acids is 1. The fourth-order valence-electron chi connectivity index (χ4n) is 3.77. The third-order valence-electron chi connectivity index (χ3n) is 5.90. The van der Waals surface area contributed by atoms with Crippen LogP contribution in [0.5, 0.6) is 5.75 Å². The first-order valence-corrected chi connectivity index (χ1v) is 11.3. The summed E-state index contributed by atoms with van der Waals surface area (Å²) in [5, 5.41) is 34.1. The number of phenolic OH excluding ortho intramolecular Hbond substituents is 1. The highest BCUT2D eigenvalue weighted by molar-refractivity contribution is 5.94. The predicted molar refractivity (Wildman–Crippen MR) is 123 cm³/mol. The summed E-state index contributed by atoms with van der Waals surface area (Å²) >= 11 is 0. The lowest BCUT2D eigenvalue weighted by molar-refractivity contribution is -0.149. The van der Waals surface area contributed by atoms with E-state index in [2.05, 4.69) is 10.6 Å². The van der Waals surface area contributed by atoms with Crippen molar-refractivity contribution in [1.29, 1.82) is 0 Å². The summed E-state index contributed by atoms with van der Waals surface area (Å²) in [4.78, 5) is 51.6. The summed E-state index contributed by atoms with van der Waals surface area (Å²) in [7, 11) is 0. The fourth-order valence-corrected chi connectivity index (χ4v) is 3.77. The molecule has 1 aromatic rings. The van der Waals surface area contributed by atoms with Crippen LogP contribution in [0.2, 0.25) is 0 Å². The third kappa shape index (κ3) is 6.91. The van der Waals surface area contributed by atoms with Crippen LogP contribution in [-0.2, 0) is 25.6 Å². The Morgan fingerprint density at radius 3 is 2.24 bits per heavy atom. The zero-order valence-corrected chi connectivity index (χ0v) is 19.6. The molecule has 0 spiro atoms. The summed E-state index contributed by atoms with van der Waals surface area (Å²) in [5.41, 5.74) is 6.45. The van der Waals surface area contributed by atoms with Gasteiger partial charge in [-0.1, -0.05) is 26.0 Å². The zero-order valence-electron chi connectivity index (χ0n) is 19.6. The number of aliphatic hydroxyl groups is 1. The summed E-state index contributed by atoms with van der Waals surface area (Å²) in [6.45, 7) is 5.03. The first-order chi connectivity index (χ1) is 15.9. The number of nitrogens with one attached hydrogen (secondary N) is 2. The number of carboxylic acid groups (broad SMARTS) is 1. The van der Waals surface area contributed by atoms with Gasteiger partial charge in [0.25, 0.3) is 0 Å². The van der Waals surface area contributed by atoms with Crippen molar-refractivity contribution < 1.29 is 34.5 Å². The van der Waals surface area contributed by atoms with E-state index in [1.807, 2.05) is 0 Å². The number of likely N-dealkylation sites (tertiary alicyclic amines) is 1. The molecule has 1 aliphatic heterocycles. The molecule has 0 aliphatic carbocycles. The highest BCUT2D eigenvalue weighted by atomic mass is 16.4. The zero-order chi connectivity index (χ0) is 25.6. The quantitative estimate of drug-likeness (QED) is 0.256. The minimum atomic E-state index is -1.37. The molecule has 0 aromatic heterocycles. The molecule has 1 aliphatic rings. The Kier molecular flexibility index (Phi) is 9.39. The van der Waals surface area contributed by atoms with Gasteiger partial charge in [0, 0.05) is 13.0 Å². The van der Waals surface area contributed by atoms with Gasteiger partial charge in [-0.05, 0) is 43.4 Å². The second-order valence-electron chi connectivity index (χ2n) is 8.96. The Labute approximate surface area is 198 Å². The number of aromatic hydroxyl groups is 1. The fraction of sp³-hybridized carbons (Fsp3) is 0.565. The molecular formula is C23H34N4O7. The highest BCUT2D eigenvalue weighted by Gasteiger charge is 2.39. The number of amides is 3. The smallest absolute Gasteiger partial charge is 0.326 e. The Morgan fingerprint density at radius 2 is 1.71 bits per heavy atom. The number of aliphatic hydroxyl groups excluding tert-OH is 1. The molecule has 3 amide bonds. The van der Waals surface area contributed by atoms with Crippen LogP contribution < -0.4 is 16.4 Å². The van der Waals surface area contributed by atoms with E-state index in [-0.39, 0.29) is 24.6 Å². The SMILES string of the molecule is CC(C)C(N)C(=O)NC(C(=O)NC(Cc1ccc(O)cc1)C(=O)N1CCCC1C(=O)O)C(C)O. The molecule has 1 fully saturated rings. The van der Waals surface area contributed by atoms with E-state index in [0.717, 1.165) is 0 Å². The summed E-state index contributed by atoms with van der Waals surface area (Å²) in [6.07, 6.45) is -0.450. The van der Waals surface area contributed by atoms with Gasteiger partial charge in [-0.3, -0.25) is 14.4 Å². The molecule has 188 valence electrons. The van der Waals surface area contributed by atoms with Crippen molar-refractivity contribution in [3.05, 3.63) is 29.8 Å². The largest absolute Gasteiger partial charge is 0.508 e. The molecule has 7 N–H and O–H groups in total. The Bertz CT molecular complexity index is 888. The van der Waals surface area contributed by atoms with Crippen LogP contribution in [0.1, 0.15) is 39.2 Å². The maximum atomic E-state index is 13.3. The van der Waals surface area contributed by atoms with Crippen molar-refractivity contribution in [2.24, 2.45) is 11.7 Å². The summed E-state index contributed by atoms with van der Waals surface area (Å²) in [6, 6.07) is 1.59. The highest BCUT2D eigenvalue weighted by Crippen LogP contribution is 2.20. The van der Waals surface area contributed by atoms with Gasteiger partial charge in [-0.15, -0.1) is 0 Å². The van der Waals surface area contributed by atoms with E-state index in [0.29, 0.717) is 18.4 Å². The lowest BCUT2D eigenvalue weighted by atomic mass is 10.0. The van der Waals surface area contributed by atoms with Gasteiger partial charge in [0.2, 0.25) is 17.7 Å². The Balaban J connectivity index is 2.27. The molecule has 1 heterocycles. The number of rotatable bonds is 10. The van der Waals surface area contributed by atoms with Gasteiger partial charge in [-0.2, -0.15) is 0 Å². The molecule has 5 unspecified atom stereocenters. The molecule has 1 aromatic carbocycles. The lowest BCUT2D eigenvalue weighted by Gasteiger charge is -2.30. The van der Waals surface area contributed by atoms with Gasteiger partial charge in [-0.25, -0.2) is 4.79 Å². The molecule has 0 radical (unpaired) electrons. The van der Waals surface area contributed by atoms with Crippen molar-refractivity contribution in [2.45, 2.75) is 70.3 Å². The number of benzene rings is 1. The summed E-state index contributed by atoms with van der Waals surface area (Å²) in [5.74, 6) is -3.31. The van der Waals surface area contributed by atoms with E-state index < -0.39 is 54.0 Å². The first kappa shape index (κ1) is 27.1. The van der Waals surface area contributed by atoms with Crippen LogP contribution >= 0.6 is 0 Å². The maximum Gasteiger partial charge on any atom is 0.326 e. The molecule has 34 heavy (non-hydrogen) atoms. The average molecular weight is 479 g/mol. The van der Waals surface area contributed by atoms with Gasteiger partial charge in [0.05, 0.1) is 12.1 Å². The second-order valence-corrected chi connectivity index (χ2v) is 8.96. The minimum absolute atomic E-state index is 0.0136. The first-order valence-electron chi connectivity index (χ1n) is 11.3. The average Bonchev–Trinajstić information content (AvgIpc) is 3.27. The van der Waals surface area contributed by atoms with Crippen LogP contribution in [0.25, 0.3) is 0 Å². The van der Waals surface area contributed by atoms with Crippen LogP contribution in [0.3, 0.4) is 0 Å². The van der Waals surface area contributed by atoms with Crippen LogP contribution in [0.15, 0.2) is 24.3 Å². The van der Waals surface area contributed by atoms with E-state index in [4.69, 9.17) is 5.73 Å². The normalized spacial score (nSPS) is 19.2. The van der Waals surface area contributed by atoms with Crippen molar-refractivity contribution in [3.8, 4) is 5.75 Å². The molecule has 0 bridgehead atoms. The van der Waals surface area contributed by atoms with Crippen LogP contribution in [0.4, 0.5) is 0 Å². The van der Waals surface area contributed by atoms with Gasteiger partial charge in [0.15, 0.2) is 0 Å². The molecule has 5 atom stereocenters. The van der Waals surface area contributed by atoms with Crippen molar-refractivity contribution in [3.63, 3.8) is 0 Å². The monoisotopic (exact) mass is 478 g/mol. The van der Waals surface area contributed by atoms with Crippen molar-refractivity contribution in [1.82, 2.24) is 15.5 Å². The number of hydrogen-bond donors (Lipinski definition) is 6. The van der Waals surface area contributed by atoms with Crippen molar-refractivity contribution in [2.75, 3.05) is 6.54 Å². The molecule has 0 saturated carbocycles. The third-order valence-corrected chi connectivity index (χ3v) is 5.90. The number of carboxylic acids is 1. The van der Waals surface area contributed by atoms with Gasteiger partial charge >= 0.3 is 5.97 Å². The number of carbonyl (C=O) groups is 4.